The molecule has 2 N–H and O–H groups in total. The Labute approximate surface area is 88.2 Å². The summed E-state index contributed by atoms with van der Waals surface area (Å²) in [4.78, 5) is 2.57. The molecule has 0 aromatic rings. The van der Waals surface area contributed by atoms with Gasteiger partial charge in [-0.05, 0) is 26.4 Å². The average molecular weight is 199 g/mol. The number of rotatable bonds is 6. The largest absolute Gasteiger partial charge is 0.317 e. The maximum atomic E-state index is 3.40. The molecular formula is C11H25N3. The van der Waals surface area contributed by atoms with Crippen LogP contribution in [0.3, 0.4) is 0 Å². The number of nitrogens with zero attached hydrogens (tertiary/aromatic N) is 1. The highest BCUT2D eigenvalue weighted by Crippen LogP contribution is 2.03. The zero-order chi connectivity index (χ0) is 10.2. The fourth-order valence-corrected chi connectivity index (χ4v) is 2.05. The van der Waals surface area contributed by atoms with Crippen LogP contribution in [0.25, 0.3) is 0 Å². The van der Waals surface area contributed by atoms with Crippen LogP contribution in [0.4, 0.5) is 0 Å². The van der Waals surface area contributed by atoms with E-state index in [1.54, 1.807) is 0 Å². The van der Waals surface area contributed by atoms with Gasteiger partial charge in [-0.2, -0.15) is 0 Å². The zero-order valence-corrected chi connectivity index (χ0v) is 9.68. The Hall–Kier alpha value is -0.120. The molecule has 0 aliphatic carbocycles. The molecule has 0 saturated carbocycles. The van der Waals surface area contributed by atoms with Crippen molar-refractivity contribution in [3.05, 3.63) is 0 Å². The molecule has 3 nitrogen and oxygen atoms in total. The number of hydrogen-bond donors (Lipinski definition) is 2. The van der Waals surface area contributed by atoms with Crippen LogP contribution in [-0.2, 0) is 0 Å². The maximum Gasteiger partial charge on any atom is 0.0107 e. The highest BCUT2D eigenvalue weighted by molar-refractivity contribution is 4.71. The molecular weight excluding hydrogens is 174 g/mol. The van der Waals surface area contributed by atoms with Gasteiger partial charge in [0.15, 0.2) is 0 Å². The molecule has 1 saturated heterocycles. The summed E-state index contributed by atoms with van der Waals surface area (Å²) in [5.41, 5.74) is 0. The predicted molar refractivity (Wildman–Crippen MR) is 61.7 cm³/mol. The lowest BCUT2D eigenvalue weighted by atomic mass is 10.1. The summed E-state index contributed by atoms with van der Waals surface area (Å²) in [5.74, 6) is 0. The van der Waals surface area contributed by atoms with E-state index in [-0.39, 0.29) is 0 Å². The molecule has 0 bridgehead atoms. The molecule has 0 aromatic heterocycles. The highest BCUT2D eigenvalue weighted by Gasteiger charge is 2.11. The van der Waals surface area contributed by atoms with Gasteiger partial charge in [0.05, 0.1) is 0 Å². The molecule has 84 valence electrons. The maximum absolute atomic E-state index is 3.40. The molecule has 0 aromatic carbocycles. The van der Waals surface area contributed by atoms with E-state index in [4.69, 9.17) is 0 Å². The first-order valence-electron chi connectivity index (χ1n) is 5.97. The van der Waals surface area contributed by atoms with E-state index >= 15 is 0 Å². The van der Waals surface area contributed by atoms with Crippen molar-refractivity contribution in [2.75, 3.05) is 39.8 Å². The van der Waals surface area contributed by atoms with Crippen molar-refractivity contribution in [2.45, 2.75) is 32.2 Å². The van der Waals surface area contributed by atoms with Crippen molar-refractivity contribution in [3.8, 4) is 0 Å². The van der Waals surface area contributed by atoms with Crippen molar-refractivity contribution >= 4 is 0 Å². The fourth-order valence-electron chi connectivity index (χ4n) is 2.05. The van der Waals surface area contributed by atoms with Crippen LogP contribution in [0.15, 0.2) is 0 Å². The van der Waals surface area contributed by atoms with Gasteiger partial charge in [-0.1, -0.05) is 13.3 Å². The topological polar surface area (TPSA) is 27.3 Å². The first-order chi connectivity index (χ1) is 6.86. The van der Waals surface area contributed by atoms with E-state index < -0.39 is 0 Å². The lowest BCUT2D eigenvalue weighted by molar-refractivity contribution is 0.227. The molecule has 1 aliphatic heterocycles. The van der Waals surface area contributed by atoms with Crippen molar-refractivity contribution in [1.82, 2.24) is 15.5 Å². The van der Waals surface area contributed by atoms with E-state index in [9.17, 15) is 0 Å². The average Bonchev–Trinajstić information content (AvgIpc) is 2.25. The lowest BCUT2D eigenvalue weighted by Gasteiger charge is -2.28. The van der Waals surface area contributed by atoms with Gasteiger partial charge in [0.25, 0.3) is 0 Å². The van der Waals surface area contributed by atoms with Gasteiger partial charge >= 0.3 is 0 Å². The van der Waals surface area contributed by atoms with E-state index in [1.807, 2.05) is 0 Å². The van der Waals surface area contributed by atoms with Gasteiger partial charge in [-0.15, -0.1) is 0 Å². The first-order valence-corrected chi connectivity index (χ1v) is 5.97. The molecule has 3 heteroatoms. The predicted octanol–water partition coefficient (Wildman–Crippen LogP) is 0.670. The van der Waals surface area contributed by atoms with Crippen LogP contribution in [0, 0.1) is 0 Å². The first kappa shape index (κ1) is 12.0. The van der Waals surface area contributed by atoms with Gasteiger partial charge in [0.2, 0.25) is 0 Å². The summed E-state index contributed by atoms with van der Waals surface area (Å²) in [6.45, 7) is 8.30. The molecule has 1 rings (SSSR count). The summed E-state index contributed by atoms with van der Waals surface area (Å²) in [5, 5.41) is 6.78. The molecule has 1 fully saturated rings. The molecule has 1 heterocycles. The van der Waals surface area contributed by atoms with Crippen molar-refractivity contribution in [1.29, 1.82) is 0 Å². The zero-order valence-electron chi connectivity index (χ0n) is 9.68. The third-order valence-corrected chi connectivity index (χ3v) is 3.05. The Bertz CT molecular complexity index is 128. The van der Waals surface area contributed by atoms with E-state index in [0.717, 1.165) is 19.1 Å². The summed E-state index contributed by atoms with van der Waals surface area (Å²) in [6, 6.07) is 0.717. The SMILES string of the molecule is CCCC(CCN1CCNCC1)NC. The van der Waals surface area contributed by atoms with Gasteiger partial charge in [0, 0.05) is 32.2 Å². The monoisotopic (exact) mass is 199 g/mol. The quantitative estimate of drug-likeness (QED) is 0.658. The minimum absolute atomic E-state index is 0.717. The van der Waals surface area contributed by atoms with E-state index in [2.05, 4.69) is 29.5 Å². The number of nitrogens with one attached hydrogen (secondary N) is 2. The Kier molecular flexibility index (Phi) is 6.15. The second-order valence-corrected chi connectivity index (χ2v) is 4.15. The van der Waals surface area contributed by atoms with Crippen LogP contribution < -0.4 is 10.6 Å². The van der Waals surface area contributed by atoms with Crippen molar-refractivity contribution in [3.63, 3.8) is 0 Å². The second kappa shape index (κ2) is 7.21. The van der Waals surface area contributed by atoms with Crippen LogP contribution in [0.1, 0.15) is 26.2 Å². The van der Waals surface area contributed by atoms with E-state index in [0.29, 0.717) is 0 Å². The van der Waals surface area contributed by atoms with Gasteiger partial charge in [0.1, 0.15) is 0 Å². The second-order valence-electron chi connectivity index (χ2n) is 4.15. The molecule has 1 aliphatic rings. The normalized spacial score (nSPS) is 21.0. The lowest BCUT2D eigenvalue weighted by Crippen LogP contribution is -2.45. The Morgan fingerprint density at radius 2 is 2.00 bits per heavy atom. The van der Waals surface area contributed by atoms with Gasteiger partial charge in [-0.25, -0.2) is 0 Å². The van der Waals surface area contributed by atoms with Crippen LogP contribution in [0.5, 0.6) is 0 Å². The summed E-state index contributed by atoms with van der Waals surface area (Å²) in [7, 11) is 2.08. The smallest absolute Gasteiger partial charge is 0.0107 e. The third kappa shape index (κ3) is 4.40. The minimum Gasteiger partial charge on any atom is -0.317 e. The molecule has 1 atom stereocenters. The molecule has 1 unspecified atom stereocenters. The van der Waals surface area contributed by atoms with Crippen molar-refractivity contribution in [2.24, 2.45) is 0 Å². The molecule has 0 spiro atoms. The van der Waals surface area contributed by atoms with Gasteiger partial charge < -0.3 is 15.5 Å². The molecule has 0 amide bonds. The molecule has 0 radical (unpaired) electrons. The standard InChI is InChI=1S/C11H25N3/c1-3-4-11(12-2)5-8-14-9-6-13-7-10-14/h11-13H,3-10H2,1-2H3. The fraction of sp³-hybridized carbons (Fsp3) is 1.00. The molecule has 14 heavy (non-hydrogen) atoms. The van der Waals surface area contributed by atoms with Crippen LogP contribution in [0.2, 0.25) is 0 Å². The van der Waals surface area contributed by atoms with Crippen LogP contribution >= 0.6 is 0 Å². The van der Waals surface area contributed by atoms with Gasteiger partial charge in [-0.3, -0.25) is 0 Å². The van der Waals surface area contributed by atoms with Crippen LogP contribution in [-0.4, -0.2) is 50.7 Å². The minimum atomic E-state index is 0.717. The van der Waals surface area contributed by atoms with Crippen molar-refractivity contribution < 1.29 is 0 Å². The van der Waals surface area contributed by atoms with E-state index in [1.165, 1.54) is 38.9 Å². The summed E-state index contributed by atoms with van der Waals surface area (Å²) < 4.78 is 0. The highest BCUT2D eigenvalue weighted by atomic mass is 15.2. The Morgan fingerprint density at radius 3 is 2.57 bits per heavy atom. The number of hydrogen-bond acceptors (Lipinski definition) is 3. The summed E-state index contributed by atoms with van der Waals surface area (Å²) in [6.07, 6.45) is 3.89. The third-order valence-electron chi connectivity index (χ3n) is 3.05. The Balaban J connectivity index is 2.10. The number of piperazine rings is 1. The Morgan fingerprint density at radius 1 is 1.29 bits per heavy atom. The summed E-state index contributed by atoms with van der Waals surface area (Å²) >= 11 is 0.